The maximum Gasteiger partial charge on any atom is 0.334 e. The van der Waals surface area contributed by atoms with Gasteiger partial charge in [0.25, 0.3) is 0 Å². The topological polar surface area (TPSA) is 79.3 Å². The molecule has 2 aromatic heterocycles. The number of nitrogens with zero attached hydrogens (tertiary/aromatic N) is 3. The molecule has 2 heterocycles. The molecule has 0 unspecified atom stereocenters. The van der Waals surface area contributed by atoms with Crippen LogP contribution in [0.3, 0.4) is 0 Å². The van der Waals surface area contributed by atoms with E-state index in [1.54, 1.807) is 19.3 Å². The number of pyridine rings is 1. The Kier molecular flexibility index (Phi) is 4.36. The molecule has 0 saturated heterocycles. The predicted molar refractivity (Wildman–Crippen MR) is 75.1 cm³/mol. The molecular formula is C12H12FN5OS. The zero-order chi connectivity index (χ0) is 14.5. The molecule has 0 radical (unpaired) electrons. The highest BCUT2D eigenvalue weighted by Gasteiger charge is 2.08. The molecule has 20 heavy (non-hydrogen) atoms. The van der Waals surface area contributed by atoms with Crippen LogP contribution in [0.15, 0.2) is 29.8 Å². The van der Waals surface area contributed by atoms with Crippen LogP contribution in [0.5, 0.6) is 0 Å². The molecule has 0 aliphatic rings. The highest BCUT2D eigenvalue weighted by atomic mass is 32.1. The quantitative estimate of drug-likeness (QED) is 0.671. The molecule has 0 bridgehead atoms. The van der Waals surface area contributed by atoms with E-state index in [-0.39, 0.29) is 0 Å². The molecule has 0 fully saturated rings. The Morgan fingerprint density at radius 2 is 2.20 bits per heavy atom. The normalized spacial score (nSPS) is 11.2. The van der Waals surface area contributed by atoms with E-state index in [4.69, 9.17) is 0 Å². The first-order chi connectivity index (χ1) is 9.60. The molecule has 0 aliphatic heterocycles. The molecule has 0 aliphatic carbocycles. The smallest absolute Gasteiger partial charge is 0.334 e. The van der Waals surface area contributed by atoms with Gasteiger partial charge in [-0.2, -0.15) is 5.10 Å². The third-order valence-corrected chi connectivity index (χ3v) is 3.52. The first-order valence-corrected chi connectivity index (χ1v) is 6.51. The summed E-state index contributed by atoms with van der Waals surface area (Å²) in [6.07, 6.45) is 4.30. The highest BCUT2D eigenvalue weighted by Crippen LogP contribution is 2.25. The summed E-state index contributed by atoms with van der Waals surface area (Å²) in [5, 5.41) is 6.96. The van der Waals surface area contributed by atoms with E-state index < -0.39 is 11.8 Å². The number of thiazole rings is 1. The summed E-state index contributed by atoms with van der Waals surface area (Å²) in [6, 6.07) is 0.966. The Labute approximate surface area is 118 Å². The van der Waals surface area contributed by atoms with Gasteiger partial charge in [-0.3, -0.25) is 4.98 Å². The number of hydrogen-bond donors (Lipinski definition) is 2. The minimum Gasteiger partial charge on any atom is -0.340 e. The second kappa shape index (κ2) is 6.20. The van der Waals surface area contributed by atoms with Gasteiger partial charge in [0.15, 0.2) is 0 Å². The molecule has 104 valence electrons. The standard InChI is InChI=1S/C12H12FN5OS/c1-7(17-18-12(19)14-2)10-6-16-11(20-10)8-3-9(13)5-15-4-8/h3-6H,1-2H3,(H2,14,18,19)/b17-7+. The van der Waals surface area contributed by atoms with Crippen LogP contribution >= 0.6 is 11.3 Å². The van der Waals surface area contributed by atoms with E-state index in [1.807, 2.05) is 0 Å². The second-order valence-electron chi connectivity index (χ2n) is 3.81. The monoisotopic (exact) mass is 293 g/mol. The maximum atomic E-state index is 13.1. The lowest BCUT2D eigenvalue weighted by molar-refractivity contribution is 0.243. The Morgan fingerprint density at radius 3 is 2.90 bits per heavy atom. The van der Waals surface area contributed by atoms with Crippen molar-refractivity contribution < 1.29 is 9.18 Å². The fourth-order valence-electron chi connectivity index (χ4n) is 1.35. The third-order valence-electron chi connectivity index (χ3n) is 2.37. The van der Waals surface area contributed by atoms with Gasteiger partial charge in [0.05, 0.1) is 16.8 Å². The van der Waals surface area contributed by atoms with Gasteiger partial charge in [0.1, 0.15) is 10.8 Å². The van der Waals surface area contributed by atoms with Crippen molar-refractivity contribution >= 4 is 23.1 Å². The molecule has 0 spiro atoms. The maximum absolute atomic E-state index is 13.1. The second-order valence-corrected chi connectivity index (χ2v) is 4.84. The Hall–Kier alpha value is -2.35. The summed E-state index contributed by atoms with van der Waals surface area (Å²) in [7, 11) is 1.50. The van der Waals surface area contributed by atoms with Crippen LogP contribution < -0.4 is 10.7 Å². The van der Waals surface area contributed by atoms with E-state index in [0.717, 1.165) is 11.1 Å². The number of amides is 2. The molecule has 2 aromatic rings. The van der Waals surface area contributed by atoms with Crippen LogP contribution in [0.1, 0.15) is 11.8 Å². The van der Waals surface area contributed by atoms with Gasteiger partial charge in [0.2, 0.25) is 0 Å². The molecule has 6 nitrogen and oxygen atoms in total. The van der Waals surface area contributed by atoms with Crippen molar-refractivity contribution in [3.8, 4) is 10.6 Å². The number of aromatic nitrogens is 2. The Balaban J connectivity index is 2.18. The van der Waals surface area contributed by atoms with Gasteiger partial charge in [0, 0.05) is 25.0 Å². The Morgan fingerprint density at radius 1 is 1.40 bits per heavy atom. The summed E-state index contributed by atoms with van der Waals surface area (Å²) >= 11 is 1.34. The fourth-order valence-corrected chi connectivity index (χ4v) is 2.19. The molecule has 2 amide bonds. The number of nitrogens with one attached hydrogen (secondary N) is 2. The van der Waals surface area contributed by atoms with Gasteiger partial charge >= 0.3 is 6.03 Å². The number of rotatable bonds is 3. The van der Waals surface area contributed by atoms with Gasteiger partial charge < -0.3 is 5.32 Å². The van der Waals surface area contributed by atoms with E-state index in [1.165, 1.54) is 24.5 Å². The number of urea groups is 1. The zero-order valence-electron chi connectivity index (χ0n) is 10.8. The largest absolute Gasteiger partial charge is 0.340 e. The van der Waals surface area contributed by atoms with Crippen LogP contribution in [0.2, 0.25) is 0 Å². The molecule has 0 aromatic carbocycles. The van der Waals surface area contributed by atoms with Crippen LogP contribution in [0.4, 0.5) is 9.18 Å². The van der Waals surface area contributed by atoms with Crippen LogP contribution in [-0.4, -0.2) is 28.8 Å². The van der Waals surface area contributed by atoms with Crippen molar-refractivity contribution in [3.05, 3.63) is 35.4 Å². The van der Waals surface area contributed by atoms with E-state index in [2.05, 4.69) is 25.8 Å². The van der Waals surface area contributed by atoms with Crippen molar-refractivity contribution in [2.45, 2.75) is 6.92 Å². The van der Waals surface area contributed by atoms with Crippen molar-refractivity contribution in [1.82, 2.24) is 20.7 Å². The Bertz CT molecular complexity index is 655. The number of hydrogen-bond acceptors (Lipinski definition) is 5. The third kappa shape index (κ3) is 3.35. The lowest BCUT2D eigenvalue weighted by Gasteiger charge is -1.98. The first-order valence-electron chi connectivity index (χ1n) is 5.69. The number of carbonyl (C=O) groups excluding carboxylic acids is 1. The summed E-state index contributed by atoms with van der Waals surface area (Å²) in [6.45, 7) is 1.75. The number of halogens is 1. The number of hydrazone groups is 1. The van der Waals surface area contributed by atoms with Gasteiger partial charge in [-0.15, -0.1) is 11.3 Å². The van der Waals surface area contributed by atoms with Crippen molar-refractivity contribution in [3.63, 3.8) is 0 Å². The van der Waals surface area contributed by atoms with Gasteiger partial charge in [-0.1, -0.05) is 0 Å². The minimum absolute atomic E-state index is 0.400. The van der Waals surface area contributed by atoms with Crippen LogP contribution in [0.25, 0.3) is 10.6 Å². The average Bonchev–Trinajstić information content (AvgIpc) is 2.94. The van der Waals surface area contributed by atoms with E-state index in [0.29, 0.717) is 16.3 Å². The highest BCUT2D eigenvalue weighted by molar-refractivity contribution is 7.17. The zero-order valence-corrected chi connectivity index (χ0v) is 11.7. The lowest BCUT2D eigenvalue weighted by atomic mass is 10.3. The molecular weight excluding hydrogens is 281 g/mol. The molecule has 0 atom stereocenters. The number of carbonyl (C=O) groups is 1. The average molecular weight is 293 g/mol. The van der Waals surface area contributed by atoms with E-state index >= 15 is 0 Å². The predicted octanol–water partition coefficient (Wildman–Crippen LogP) is 2.00. The van der Waals surface area contributed by atoms with Crippen molar-refractivity contribution in [1.29, 1.82) is 0 Å². The summed E-state index contributed by atoms with van der Waals surface area (Å²) in [5.74, 6) is -0.411. The SMILES string of the molecule is CNC(=O)N/N=C(\C)c1cnc(-c2cncc(F)c2)s1. The minimum atomic E-state index is -0.411. The summed E-state index contributed by atoms with van der Waals surface area (Å²) in [4.78, 5) is 19.8. The summed E-state index contributed by atoms with van der Waals surface area (Å²) in [5.41, 5.74) is 3.55. The van der Waals surface area contributed by atoms with Crippen LogP contribution in [-0.2, 0) is 0 Å². The molecule has 0 saturated carbocycles. The molecule has 8 heteroatoms. The fraction of sp³-hybridized carbons (Fsp3) is 0.167. The van der Waals surface area contributed by atoms with Gasteiger partial charge in [-0.05, 0) is 13.0 Å². The summed E-state index contributed by atoms with van der Waals surface area (Å²) < 4.78 is 13.1. The van der Waals surface area contributed by atoms with Crippen molar-refractivity contribution in [2.24, 2.45) is 5.10 Å². The lowest BCUT2D eigenvalue weighted by Crippen LogP contribution is -2.29. The molecule has 2 N–H and O–H groups in total. The van der Waals surface area contributed by atoms with Crippen molar-refractivity contribution in [2.75, 3.05) is 7.05 Å². The first kappa shape index (κ1) is 14.1. The van der Waals surface area contributed by atoms with Gasteiger partial charge in [-0.25, -0.2) is 19.6 Å². The molecule has 2 rings (SSSR count). The van der Waals surface area contributed by atoms with Crippen LogP contribution in [0, 0.1) is 5.82 Å². The van der Waals surface area contributed by atoms with E-state index in [9.17, 15) is 9.18 Å².